The number of H-pyrrole nitrogens is 1. The highest BCUT2D eigenvalue weighted by atomic mass is 14.9. The van der Waals surface area contributed by atoms with E-state index in [9.17, 15) is 5.26 Å². The Morgan fingerprint density at radius 2 is 2.24 bits per heavy atom. The number of aryl methyl sites for hydroxylation is 1. The molecule has 2 aromatic rings. The van der Waals surface area contributed by atoms with Crippen LogP contribution in [0, 0.1) is 18.3 Å². The minimum atomic E-state index is 0.654. The maximum atomic E-state index is 9.19. The van der Waals surface area contributed by atoms with Crippen molar-refractivity contribution in [1.29, 1.82) is 5.26 Å². The maximum Gasteiger partial charge on any atom is 0.149 e. The van der Waals surface area contributed by atoms with E-state index in [1.807, 2.05) is 39.0 Å². The van der Waals surface area contributed by atoms with E-state index in [-0.39, 0.29) is 0 Å². The predicted molar refractivity (Wildman–Crippen MR) is 69.3 cm³/mol. The van der Waals surface area contributed by atoms with Crippen LogP contribution in [0.4, 0.5) is 0 Å². The van der Waals surface area contributed by atoms with Gasteiger partial charge in [-0.2, -0.15) is 5.26 Å². The van der Waals surface area contributed by atoms with E-state index in [1.165, 1.54) is 5.56 Å². The van der Waals surface area contributed by atoms with Crippen molar-refractivity contribution < 1.29 is 0 Å². The zero-order valence-corrected chi connectivity index (χ0v) is 10.3. The summed E-state index contributed by atoms with van der Waals surface area (Å²) in [6.45, 7) is 6.05. The third-order valence-corrected chi connectivity index (χ3v) is 2.94. The van der Waals surface area contributed by atoms with Gasteiger partial charge in [-0.3, -0.25) is 0 Å². The molecule has 0 bridgehead atoms. The van der Waals surface area contributed by atoms with Gasteiger partial charge >= 0.3 is 0 Å². The molecule has 2 rings (SSSR count). The van der Waals surface area contributed by atoms with E-state index in [0.717, 1.165) is 23.0 Å². The lowest BCUT2D eigenvalue weighted by atomic mass is 10.1. The largest absolute Gasteiger partial charge is 0.337 e. The first kappa shape index (κ1) is 11.4. The quantitative estimate of drug-likeness (QED) is 0.794. The summed E-state index contributed by atoms with van der Waals surface area (Å²) >= 11 is 0. The maximum absolute atomic E-state index is 9.19. The number of rotatable bonds is 2. The molecule has 86 valence electrons. The molecule has 0 aliphatic rings. The average Bonchev–Trinajstić information content (AvgIpc) is 2.72. The van der Waals surface area contributed by atoms with Crippen LogP contribution >= 0.6 is 0 Å². The van der Waals surface area contributed by atoms with Crippen LogP contribution in [-0.4, -0.2) is 9.97 Å². The number of imidazole rings is 1. The number of hydrogen-bond acceptors (Lipinski definition) is 2. The van der Waals surface area contributed by atoms with Crippen LogP contribution in [0.2, 0.25) is 0 Å². The van der Waals surface area contributed by atoms with Crippen molar-refractivity contribution in [1.82, 2.24) is 9.97 Å². The molecule has 0 unspecified atom stereocenters. The molecule has 0 saturated carbocycles. The first-order valence-electron chi connectivity index (χ1n) is 5.72. The monoisotopic (exact) mass is 225 g/mol. The van der Waals surface area contributed by atoms with Crippen molar-refractivity contribution in [2.24, 2.45) is 0 Å². The number of aromatic amines is 1. The van der Waals surface area contributed by atoms with Gasteiger partial charge in [-0.05, 0) is 38.0 Å². The van der Waals surface area contributed by atoms with Crippen molar-refractivity contribution >= 4 is 16.6 Å². The number of nitrogens with one attached hydrogen (secondary N) is 1. The molecular weight excluding hydrogens is 210 g/mol. The lowest BCUT2D eigenvalue weighted by Gasteiger charge is -1.98. The molecule has 0 fully saturated rings. The molecule has 1 N–H and O–H groups in total. The van der Waals surface area contributed by atoms with E-state index in [1.54, 1.807) is 0 Å². The molecule has 0 aliphatic carbocycles. The summed E-state index contributed by atoms with van der Waals surface area (Å²) < 4.78 is 0. The summed E-state index contributed by atoms with van der Waals surface area (Å²) in [6, 6.07) is 8.27. The summed E-state index contributed by atoms with van der Waals surface area (Å²) in [5.41, 5.74) is 4.78. The number of allylic oxidation sites excluding steroid dienone is 2. The Labute approximate surface area is 101 Å². The van der Waals surface area contributed by atoms with Crippen molar-refractivity contribution in [3.8, 4) is 6.07 Å². The van der Waals surface area contributed by atoms with E-state index < -0.39 is 0 Å². The second-order valence-electron chi connectivity index (χ2n) is 4.23. The molecule has 1 aromatic heterocycles. The molecule has 0 aliphatic heterocycles. The van der Waals surface area contributed by atoms with Gasteiger partial charge in [-0.15, -0.1) is 0 Å². The molecule has 1 heterocycles. The summed E-state index contributed by atoms with van der Waals surface area (Å²) in [7, 11) is 0. The zero-order valence-electron chi connectivity index (χ0n) is 10.3. The van der Waals surface area contributed by atoms with Crippen molar-refractivity contribution in [2.75, 3.05) is 0 Å². The molecule has 1 aromatic carbocycles. The standard InChI is InChI=1S/C14H15N3/c1-4-10(3)11(8-15)14-16-12-6-5-9(2)7-13(12)17-14/h5-7H,4H2,1-3H3,(H,16,17)/b11-10-. The fraction of sp³-hybridized carbons (Fsp3) is 0.286. The van der Waals surface area contributed by atoms with Crippen molar-refractivity contribution in [2.45, 2.75) is 27.2 Å². The summed E-state index contributed by atoms with van der Waals surface area (Å²) in [5, 5.41) is 9.19. The van der Waals surface area contributed by atoms with Gasteiger partial charge in [0.2, 0.25) is 0 Å². The molecular formula is C14H15N3. The number of hydrogen-bond donors (Lipinski definition) is 1. The van der Waals surface area contributed by atoms with E-state index >= 15 is 0 Å². The van der Waals surface area contributed by atoms with Crippen LogP contribution in [-0.2, 0) is 0 Å². The summed E-state index contributed by atoms with van der Waals surface area (Å²) in [6.07, 6.45) is 0.860. The average molecular weight is 225 g/mol. The molecule has 17 heavy (non-hydrogen) atoms. The van der Waals surface area contributed by atoms with Gasteiger partial charge in [-0.25, -0.2) is 4.98 Å². The lowest BCUT2D eigenvalue weighted by Crippen LogP contribution is -1.88. The van der Waals surface area contributed by atoms with Crippen molar-refractivity contribution in [3.63, 3.8) is 0 Å². The van der Waals surface area contributed by atoms with Crippen LogP contribution in [0.5, 0.6) is 0 Å². The zero-order chi connectivity index (χ0) is 12.4. The molecule has 0 atom stereocenters. The van der Waals surface area contributed by atoms with E-state index in [2.05, 4.69) is 16.0 Å². The molecule has 0 saturated heterocycles. The number of nitrogens with zero attached hydrogens (tertiary/aromatic N) is 2. The molecule has 0 amide bonds. The Morgan fingerprint density at radius 3 is 2.88 bits per heavy atom. The van der Waals surface area contributed by atoms with Crippen LogP contribution in [0.1, 0.15) is 31.7 Å². The minimum Gasteiger partial charge on any atom is -0.337 e. The third-order valence-electron chi connectivity index (χ3n) is 2.94. The molecule has 0 radical (unpaired) electrons. The number of nitriles is 1. The van der Waals surface area contributed by atoms with Gasteiger partial charge in [0.25, 0.3) is 0 Å². The van der Waals surface area contributed by atoms with Crippen LogP contribution in [0.3, 0.4) is 0 Å². The normalized spacial score (nSPS) is 12.4. The number of benzene rings is 1. The van der Waals surface area contributed by atoms with Gasteiger partial charge in [-0.1, -0.05) is 18.6 Å². The fourth-order valence-electron chi connectivity index (χ4n) is 1.77. The number of fused-ring (bicyclic) bond motifs is 1. The molecule has 0 spiro atoms. The second-order valence-corrected chi connectivity index (χ2v) is 4.23. The number of aromatic nitrogens is 2. The highest BCUT2D eigenvalue weighted by Crippen LogP contribution is 2.21. The van der Waals surface area contributed by atoms with Gasteiger partial charge in [0.05, 0.1) is 16.6 Å². The highest BCUT2D eigenvalue weighted by molar-refractivity contribution is 5.83. The van der Waals surface area contributed by atoms with Crippen LogP contribution in [0.15, 0.2) is 23.8 Å². The molecule has 3 heteroatoms. The topological polar surface area (TPSA) is 52.5 Å². The Kier molecular flexibility index (Phi) is 2.97. The highest BCUT2D eigenvalue weighted by Gasteiger charge is 2.09. The van der Waals surface area contributed by atoms with E-state index in [0.29, 0.717) is 11.4 Å². The molecule has 3 nitrogen and oxygen atoms in total. The Hall–Kier alpha value is -2.08. The Morgan fingerprint density at radius 1 is 1.47 bits per heavy atom. The third kappa shape index (κ3) is 2.07. The smallest absolute Gasteiger partial charge is 0.149 e. The van der Waals surface area contributed by atoms with Crippen molar-refractivity contribution in [3.05, 3.63) is 35.2 Å². The van der Waals surface area contributed by atoms with Crippen LogP contribution in [0.25, 0.3) is 16.6 Å². The van der Waals surface area contributed by atoms with E-state index in [4.69, 9.17) is 0 Å². The fourth-order valence-corrected chi connectivity index (χ4v) is 1.77. The summed E-state index contributed by atoms with van der Waals surface area (Å²) in [5.74, 6) is 0.674. The minimum absolute atomic E-state index is 0.654. The second kappa shape index (κ2) is 4.42. The van der Waals surface area contributed by atoms with Gasteiger partial charge < -0.3 is 4.98 Å². The Bertz CT molecular complexity index is 626. The Balaban J connectivity index is 2.61. The van der Waals surface area contributed by atoms with Gasteiger partial charge in [0.15, 0.2) is 0 Å². The first-order valence-corrected chi connectivity index (χ1v) is 5.72. The van der Waals surface area contributed by atoms with Gasteiger partial charge in [0, 0.05) is 0 Å². The first-order chi connectivity index (χ1) is 8.15. The lowest BCUT2D eigenvalue weighted by molar-refractivity contribution is 1.09. The van der Waals surface area contributed by atoms with Gasteiger partial charge in [0.1, 0.15) is 11.9 Å². The summed E-state index contributed by atoms with van der Waals surface area (Å²) in [4.78, 5) is 7.67. The SMILES string of the molecule is CC/C(C)=C(/C#N)c1nc2ccc(C)cc2[nH]1. The van der Waals surface area contributed by atoms with Crippen LogP contribution < -0.4 is 0 Å². The predicted octanol–water partition coefficient (Wildman–Crippen LogP) is 3.58.